The summed E-state index contributed by atoms with van der Waals surface area (Å²) in [5.74, 6) is 0.869. The number of likely N-dealkylation sites (tertiary alicyclic amines) is 1. The normalized spacial score (nSPS) is 20.7. The van der Waals surface area contributed by atoms with Crippen molar-refractivity contribution in [2.24, 2.45) is 0 Å². The zero-order chi connectivity index (χ0) is 17.5. The van der Waals surface area contributed by atoms with Gasteiger partial charge in [-0.15, -0.1) is 0 Å². The maximum absolute atomic E-state index is 5.88. The highest BCUT2D eigenvalue weighted by atomic mass is 16.5. The van der Waals surface area contributed by atoms with Gasteiger partial charge in [-0.05, 0) is 36.2 Å². The van der Waals surface area contributed by atoms with Crippen LogP contribution in [0.25, 0.3) is 0 Å². The molecule has 3 rings (SSSR count). The van der Waals surface area contributed by atoms with E-state index in [9.17, 15) is 0 Å². The summed E-state index contributed by atoms with van der Waals surface area (Å²) in [6, 6.07) is 14.5. The van der Waals surface area contributed by atoms with Crippen LogP contribution in [0.3, 0.4) is 0 Å². The van der Waals surface area contributed by atoms with Crippen molar-refractivity contribution >= 4 is 0 Å². The van der Waals surface area contributed by atoms with Crippen LogP contribution >= 0.6 is 0 Å². The molecule has 25 heavy (non-hydrogen) atoms. The predicted octanol–water partition coefficient (Wildman–Crippen LogP) is 2.90. The van der Waals surface area contributed by atoms with Crippen LogP contribution in [0.2, 0.25) is 0 Å². The summed E-state index contributed by atoms with van der Waals surface area (Å²) in [5, 5.41) is 0. The highest BCUT2D eigenvalue weighted by molar-refractivity contribution is 5.29. The first-order chi connectivity index (χ1) is 12.3. The highest BCUT2D eigenvalue weighted by Gasteiger charge is 2.31. The second kappa shape index (κ2) is 8.94. The first kappa shape index (κ1) is 17.9. The predicted molar refractivity (Wildman–Crippen MR) is 96.5 cm³/mol. The summed E-state index contributed by atoms with van der Waals surface area (Å²) in [4.78, 5) is 6.71. The molecule has 1 aromatic carbocycles. The number of aromatic nitrogens is 1. The van der Waals surface area contributed by atoms with Crippen molar-refractivity contribution < 1.29 is 14.2 Å². The summed E-state index contributed by atoms with van der Waals surface area (Å²) >= 11 is 0. The molecule has 5 nitrogen and oxygen atoms in total. The molecule has 0 bridgehead atoms. The topological polar surface area (TPSA) is 43.8 Å². The van der Waals surface area contributed by atoms with Gasteiger partial charge in [0.15, 0.2) is 0 Å². The molecule has 1 aliphatic rings. The molecule has 5 heteroatoms. The Bertz CT molecular complexity index is 650. The molecule has 1 saturated heterocycles. The van der Waals surface area contributed by atoms with Crippen molar-refractivity contribution in [3.05, 3.63) is 59.9 Å². The maximum atomic E-state index is 5.88. The molecule has 1 aliphatic heterocycles. The molecule has 0 radical (unpaired) electrons. The van der Waals surface area contributed by atoms with Crippen molar-refractivity contribution in [3.63, 3.8) is 0 Å². The minimum atomic E-state index is 0.281. The SMILES string of the molecule is COC[C@@H]1C[C@H](OC)CN1Cc1cccc(OCc2ccccn2)c1. The molecular weight excluding hydrogens is 316 g/mol. The number of ether oxygens (including phenoxy) is 3. The van der Waals surface area contributed by atoms with Crippen LogP contribution in [0, 0.1) is 0 Å². The van der Waals surface area contributed by atoms with E-state index in [-0.39, 0.29) is 6.10 Å². The van der Waals surface area contributed by atoms with Crippen LogP contribution < -0.4 is 4.74 Å². The van der Waals surface area contributed by atoms with Gasteiger partial charge in [-0.3, -0.25) is 9.88 Å². The summed E-state index contributed by atoms with van der Waals surface area (Å²) in [5.41, 5.74) is 2.16. The lowest BCUT2D eigenvalue weighted by atomic mass is 10.1. The average Bonchev–Trinajstić information content (AvgIpc) is 3.03. The van der Waals surface area contributed by atoms with Crippen LogP contribution in [-0.2, 0) is 22.6 Å². The molecule has 0 N–H and O–H groups in total. The van der Waals surface area contributed by atoms with Gasteiger partial charge in [0.1, 0.15) is 12.4 Å². The quantitative estimate of drug-likeness (QED) is 0.738. The van der Waals surface area contributed by atoms with Crippen LogP contribution in [0.15, 0.2) is 48.7 Å². The van der Waals surface area contributed by atoms with Crippen molar-refractivity contribution in [1.82, 2.24) is 9.88 Å². The minimum Gasteiger partial charge on any atom is -0.487 e. The fraction of sp³-hybridized carbons (Fsp3) is 0.450. The van der Waals surface area contributed by atoms with E-state index >= 15 is 0 Å². The third kappa shape index (κ3) is 5.01. The Balaban J connectivity index is 1.61. The number of rotatable bonds is 8. The third-order valence-corrected chi connectivity index (χ3v) is 4.58. The number of hydrogen-bond acceptors (Lipinski definition) is 5. The molecule has 0 spiro atoms. The Labute approximate surface area is 149 Å². The van der Waals surface area contributed by atoms with E-state index in [1.165, 1.54) is 5.56 Å². The Morgan fingerprint density at radius 1 is 1.16 bits per heavy atom. The zero-order valence-electron chi connectivity index (χ0n) is 14.9. The Kier molecular flexibility index (Phi) is 6.39. The van der Waals surface area contributed by atoms with Gasteiger partial charge in [-0.25, -0.2) is 0 Å². The van der Waals surface area contributed by atoms with E-state index in [0.717, 1.165) is 37.6 Å². The van der Waals surface area contributed by atoms with E-state index in [1.807, 2.05) is 30.3 Å². The van der Waals surface area contributed by atoms with E-state index in [4.69, 9.17) is 14.2 Å². The Hall–Kier alpha value is -1.95. The molecule has 134 valence electrons. The van der Waals surface area contributed by atoms with E-state index < -0.39 is 0 Å². The van der Waals surface area contributed by atoms with Crippen LogP contribution in [0.5, 0.6) is 5.75 Å². The Morgan fingerprint density at radius 3 is 2.84 bits per heavy atom. The van der Waals surface area contributed by atoms with Crippen molar-refractivity contribution in [2.75, 3.05) is 27.4 Å². The average molecular weight is 342 g/mol. The van der Waals surface area contributed by atoms with Crippen molar-refractivity contribution in [3.8, 4) is 5.75 Å². The van der Waals surface area contributed by atoms with Crippen LogP contribution in [0.1, 0.15) is 17.7 Å². The lowest BCUT2D eigenvalue weighted by molar-refractivity contribution is 0.106. The molecule has 0 aliphatic carbocycles. The molecular formula is C20H26N2O3. The van der Waals surface area contributed by atoms with E-state index in [0.29, 0.717) is 12.6 Å². The molecule has 1 fully saturated rings. The van der Waals surface area contributed by atoms with Crippen molar-refractivity contribution in [1.29, 1.82) is 0 Å². The first-order valence-electron chi connectivity index (χ1n) is 8.66. The summed E-state index contributed by atoms with van der Waals surface area (Å²) < 4.78 is 16.8. The van der Waals surface area contributed by atoms with Crippen LogP contribution in [-0.4, -0.2) is 49.4 Å². The van der Waals surface area contributed by atoms with Gasteiger partial charge in [0.2, 0.25) is 0 Å². The second-order valence-corrected chi connectivity index (χ2v) is 6.39. The third-order valence-electron chi connectivity index (χ3n) is 4.58. The number of pyridine rings is 1. The van der Waals surface area contributed by atoms with Gasteiger partial charge >= 0.3 is 0 Å². The molecule has 2 heterocycles. The fourth-order valence-electron chi connectivity index (χ4n) is 3.28. The van der Waals surface area contributed by atoms with Gasteiger partial charge in [-0.2, -0.15) is 0 Å². The number of benzene rings is 1. The number of methoxy groups -OCH3 is 2. The van der Waals surface area contributed by atoms with E-state index in [2.05, 4.69) is 22.0 Å². The molecule has 1 aromatic heterocycles. The number of hydrogen-bond donors (Lipinski definition) is 0. The maximum Gasteiger partial charge on any atom is 0.130 e. The zero-order valence-corrected chi connectivity index (χ0v) is 14.9. The largest absolute Gasteiger partial charge is 0.487 e. The van der Waals surface area contributed by atoms with Gasteiger partial charge in [0.25, 0.3) is 0 Å². The van der Waals surface area contributed by atoms with Gasteiger partial charge in [0, 0.05) is 39.5 Å². The summed E-state index contributed by atoms with van der Waals surface area (Å²) in [6.45, 7) is 3.01. The fourth-order valence-corrected chi connectivity index (χ4v) is 3.28. The summed E-state index contributed by atoms with van der Waals surface area (Å²) in [7, 11) is 3.54. The van der Waals surface area contributed by atoms with Crippen LogP contribution in [0.4, 0.5) is 0 Å². The molecule has 0 saturated carbocycles. The lowest BCUT2D eigenvalue weighted by Gasteiger charge is -2.23. The lowest BCUT2D eigenvalue weighted by Crippen LogP contribution is -2.32. The molecule has 0 unspecified atom stereocenters. The standard InChI is InChI=1S/C20H26N2O3/c1-23-15-18-11-20(24-2)13-22(18)12-16-6-5-8-19(10-16)25-14-17-7-3-4-9-21-17/h3-10,18,20H,11-15H2,1-2H3/t18-,20-/m0/s1. The monoisotopic (exact) mass is 342 g/mol. The molecule has 2 atom stereocenters. The Morgan fingerprint density at radius 2 is 2.08 bits per heavy atom. The van der Waals surface area contributed by atoms with Gasteiger partial charge in [-0.1, -0.05) is 18.2 Å². The first-order valence-corrected chi connectivity index (χ1v) is 8.66. The molecule has 2 aromatic rings. The summed E-state index contributed by atoms with van der Waals surface area (Å²) in [6.07, 6.45) is 3.08. The minimum absolute atomic E-state index is 0.281. The number of nitrogens with zero attached hydrogens (tertiary/aromatic N) is 2. The molecule has 0 amide bonds. The second-order valence-electron chi connectivity index (χ2n) is 6.39. The highest BCUT2D eigenvalue weighted by Crippen LogP contribution is 2.24. The van der Waals surface area contributed by atoms with Gasteiger partial charge in [0.05, 0.1) is 18.4 Å². The van der Waals surface area contributed by atoms with E-state index in [1.54, 1.807) is 20.4 Å². The van der Waals surface area contributed by atoms with Crippen molar-refractivity contribution in [2.45, 2.75) is 31.7 Å². The smallest absolute Gasteiger partial charge is 0.130 e. The van der Waals surface area contributed by atoms with Gasteiger partial charge < -0.3 is 14.2 Å².